The van der Waals surface area contributed by atoms with Gasteiger partial charge in [0.05, 0.1) is 12.2 Å². The lowest BCUT2D eigenvalue weighted by Gasteiger charge is -2.23. The van der Waals surface area contributed by atoms with Crippen molar-refractivity contribution in [2.45, 2.75) is 38.1 Å². The molecular weight excluding hydrogens is 264 g/mol. The summed E-state index contributed by atoms with van der Waals surface area (Å²) in [5.74, 6) is 0.0904. The van der Waals surface area contributed by atoms with Crippen LogP contribution < -0.4 is 5.32 Å². The normalized spacial score (nSPS) is 17.2. The third-order valence-corrected chi connectivity index (χ3v) is 4.02. The summed E-state index contributed by atoms with van der Waals surface area (Å²) in [4.78, 5) is 14.4. The number of nitrogens with zero attached hydrogens (tertiary/aromatic N) is 3. The van der Waals surface area contributed by atoms with Gasteiger partial charge in [-0.25, -0.2) is 0 Å². The lowest BCUT2D eigenvalue weighted by molar-refractivity contribution is -0.117. The molecule has 21 heavy (non-hydrogen) atoms. The van der Waals surface area contributed by atoms with Crippen LogP contribution in [0.25, 0.3) is 0 Å². The molecule has 0 aliphatic heterocycles. The van der Waals surface area contributed by atoms with E-state index in [4.69, 9.17) is 0 Å². The number of rotatable bonds is 5. The van der Waals surface area contributed by atoms with Gasteiger partial charge in [0.25, 0.3) is 0 Å². The molecule has 5 nitrogen and oxygen atoms in total. The Morgan fingerprint density at radius 3 is 2.90 bits per heavy atom. The fourth-order valence-corrected chi connectivity index (χ4v) is 2.73. The summed E-state index contributed by atoms with van der Waals surface area (Å²) in [6.45, 7) is 0.606. The lowest BCUT2D eigenvalue weighted by atomic mass is 10.1. The number of allylic oxidation sites excluding steroid dienone is 1. The smallest absolute Gasteiger partial charge is 0.246 e. The maximum absolute atomic E-state index is 12.3. The van der Waals surface area contributed by atoms with Crippen molar-refractivity contribution in [3.05, 3.63) is 29.6 Å². The molecule has 1 N–H and O–H groups in total. The topological polar surface area (TPSA) is 50.2 Å². The van der Waals surface area contributed by atoms with Crippen LogP contribution in [0.4, 0.5) is 0 Å². The van der Waals surface area contributed by atoms with Gasteiger partial charge in [-0.1, -0.05) is 12.5 Å². The molecule has 1 aliphatic rings. The number of hydrogen-bond acceptors (Lipinski definition) is 3. The van der Waals surface area contributed by atoms with Gasteiger partial charge in [-0.3, -0.25) is 9.48 Å². The van der Waals surface area contributed by atoms with Crippen molar-refractivity contribution < 1.29 is 4.79 Å². The minimum absolute atomic E-state index is 0.0904. The van der Waals surface area contributed by atoms with E-state index in [0.717, 1.165) is 30.4 Å². The zero-order chi connectivity index (χ0) is 15.2. The third kappa shape index (κ3) is 4.43. The van der Waals surface area contributed by atoms with Crippen molar-refractivity contribution in [3.8, 4) is 0 Å². The fraction of sp³-hybridized carbons (Fsp3) is 0.625. The standard InChI is InChI=1S/C16H26N4O/c1-19(2)15(14-10-18-20(3)12-14)11-17-16(21)13-8-6-4-5-7-9-13/h8,10,12,15H,4-7,9,11H2,1-3H3,(H,17,21). The summed E-state index contributed by atoms with van der Waals surface area (Å²) < 4.78 is 1.79. The van der Waals surface area contributed by atoms with E-state index in [1.54, 1.807) is 4.68 Å². The SMILES string of the molecule is CN(C)C(CNC(=O)C1=CCCCCC1)c1cnn(C)c1. The monoisotopic (exact) mass is 290 g/mol. The second-order valence-corrected chi connectivity index (χ2v) is 5.97. The second-order valence-electron chi connectivity index (χ2n) is 5.97. The van der Waals surface area contributed by atoms with Crippen LogP contribution in [0.15, 0.2) is 24.0 Å². The van der Waals surface area contributed by atoms with Crippen molar-refractivity contribution in [1.82, 2.24) is 20.0 Å². The van der Waals surface area contributed by atoms with Crippen LogP contribution >= 0.6 is 0 Å². The van der Waals surface area contributed by atoms with Gasteiger partial charge in [0, 0.05) is 30.9 Å². The van der Waals surface area contributed by atoms with E-state index in [1.807, 2.05) is 33.5 Å². The average Bonchev–Trinajstić information content (AvgIpc) is 2.71. The maximum atomic E-state index is 12.3. The highest BCUT2D eigenvalue weighted by atomic mass is 16.1. The van der Waals surface area contributed by atoms with Gasteiger partial charge in [0.2, 0.25) is 5.91 Å². The number of hydrogen-bond donors (Lipinski definition) is 1. The largest absolute Gasteiger partial charge is 0.350 e. The summed E-state index contributed by atoms with van der Waals surface area (Å²) in [7, 11) is 5.95. The first-order chi connectivity index (χ1) is 10.1. The predicted octanol–water partition coefficient (Wildman–Crippen LogP) is 2.03. The third-order valence-electron chi connectivity index (χ3n) is 4.02. The molecule has 1 aromatic rings. The highest BCUT2D eigenvalue weighted by Gasteiger charge is 2.18. The molecule has 1 aromatic heterocycles. The van der Waals surface area contributed by atoms with Gasteiger partial charge in [-0.15, -0.1) is 0 Å². The minimum Gasteiger partial charge on any atom is -0.350 e. The van der Waals surface area contributed by atoms with Crippen LogP contribution in [0, 0.1) is 0 Å². The molecule has 1 amide bonds. The molecule has 0 bridgehead atoms. The van der Waals surface area contributed by atoms with Crippen LogP contribution in [0.2, 0.25) is 0 Å². The Morgan fingerprint density at radius 2 is 2.24 bits per heavy atom. The zero-order valence-corrected chi connectivity index (χ0v) is 13.3. The Labute approximate surface area is 127 Å². The fourth-order valence-electron chi connectivity index (χ4n) is 2.73. The number of amides is 1. The highest BCUT2D eigenvalue weighted by molar-refractivity contribution is 5.93. The van der Waals surface area contributed by atoms with Crippen molar-refractivity contribution in [3.63, 3.8) is 0 Å². The Bertz CT molecular complexity index is 504. The summed E-state index contributed by atoms with van der Waals surface area (Å²) in [5.41, 5.74) is 2.08. The van der Waals surface area contributed by atoms with Gasteiger partial charge in [-0.05, 0) is 39.8 Å². The molecule has 5 heteroatoms. The minimum atomic E-state index is 0.0904. The number of aromatic nitrogens is 2. The number of carbonyl (C=O) groups excluding carboxylic acids is 1. The van der Waals surface area contributed by atoms with E-state index in [2.05, 4.69) is 21.4 Å². The predicted molar refractivity (Wildman–Crippen MR) is 83.8 cm³/mol. The number of aryl methyl sites for hydroxylation is 1. The summed E-state index contributed by atoms with van der Waals surface area (Å²) >= 11 is 0. The Morgan fingerprint density at radius 1 is 1.43 bits per heavy atom. The second kappa shape index (κ2) is 7.41. The molecule has 0 fully saturated rings. The van der Waals surface area contributed by atoms with Crippen LogP contribution in [0.3, 0.4) is 0 Å². The molecule has 2 rings (SSSR count). The Balaban J connectivity index is 1.95. The van der Waals surface area contributed by atoms with Gasteiger partial charge < -0.3 is 10.2 Å². The molecular formula is C16H26N4O. The van der Waals surface area contributed by atoms with E-state index >= 15 is 0 Å². The molecule has 0 aromatic carbocycles. The van der Waals surface area contributed by atoms with Crippen LogP contribution in [0.5, 0.6) is 0 Å². The average molecular weight is 290 g/mol. The molecule has 116 valence electrons. The van der Waals surface area contributed by atoms with Crippen molar-refractivity contribution >= 4 is 5.91 Å². The molecule has 0 saturated carbocycles. The highest BCUT2D eigenvalue weighted by Crippen LogP contribution is 2.19. The van der Waals surface area contributed by atoms with Gasteiger partial charge in [0.15, 0.2) is 0 Å². The Kier molecular flexibility index (Phi) is 5.56. The number of carbonyl (C=O) groups is 1. The quantitative estimate of drug-likeness (QED) is 0.902. The van der Waals surface area contributed by atoms with Crippen LogP contribution in [0.1, 0.15) is 43.7 Å². The van der Waals surface area contributed by atoms with E-state index in [1.165, 1.54) is 12.8 Å². The molecule has 0 spiro atoms. The summed E-state index contributed by atoms with van der Waals surface area (Å²) in [5, 5.41) is 7.30. The van der Waals surface area contributed by atoms with Crippen molar-refractivity contribution in [2.24, 2.45) is 7.05 Å². The van der Waals surface area contributed by atoms with Gasteiger partial charge in [-0.2, -0.15) is 5.10 Å². The van der Waals surface area contributed by atoms with Gasteiger partial charge in [0.1, 0.15) is 0 Å². The van der Waals surface area contributed by atoms with E-state index in [9.17, 15) is 4.79 Å². The van der Waals surface area contributed by atoms with E-state index < -0.39 is 0 Å². The molecule has 0 saturated heterocycles. The summed E-state index contributed by atoms with van der Waals surface area (Å²) in [6, 6.07) is 0.147. The molecule has 1 unspecified atom stereocenters. The number of nitrogens with one attached hydrogen (secondary N) is 1. The molecule has 1 heterocycles. The van der Waals surface area contributed by atoms with E-state index in [0.29, 0.717) is 6.54 Å². The lowest BCUT2D eigenvalue weighted by Crippen LogP contribution is -2.35. The first kappa shape index (κ1) is 15.8. The van der Waals surface area contributed by atoms with Crippen molar-refractivity contribution in [2.75, 3.05) is 20.6 Å². The summed E-state index contributed by atoms with van der Waals surface area (Å²) in [6.07, 6.45) is 11.5. The first-order valence-electron chi connectivity index (χ1n) is 7.70. The van der Waals surface area contributed by atoms with Crippen LogP contribution in [-0.4, -0.2) is 41.2 Å². The molecule has 1 atom stereocenters. The molecule has 1 aliphatic carbocycles. The van der Waals surface area contributed by atoms with Crippen LogP contribution in [-0.2, 0) is 11.8 Å². The maximum Gasteiger partial charge on any atom is 0.246 e. The van der Waals surface area contributed by atoms with Crippen molar-refractivity contribution in [1.29, 1.82) is 0 Å². The number of likely N-dealkylation sites (N-methyl/N-ethyl adjacent to an activating group) is 1. The van der Waals surface area contributed by atoms with E-state index in [-0.39, 0.29) is 11.9 Å². The Hall–Kier alpha value is -1.62. The zero-order valence-electron chi connectivity index (χ0n) is 13.3. The first-order valence-corrected chi connectivity index (χ1v) is 7.70. The van der Waals surface area contributed by atoms with Gasteiger partial charge >= 0.3 is 0 Å². The molecule has 0 radical (unpaired) electrons.